The van der Waals surface area contributed by atoms with Crippen LogP contribution in [-0.4, -0.2) is 9.91 Å². The second kappa shape index (κ2) is 5.48. The molecule has 5 heteroatoms. The van der Waals surface area contributed by atoms with Crippen LogP contribution < -0.4 is 5.73 Å². The molecule has 0 radical (unpaired) electrons. The molecule has 5 nitrogen and oxygen atoms in total. The summed E-state index contributed by atoms with van der Waals surface area (Å²) in [6.07, 6.45) is 2.02. The third-order valence-electron chi connectivity index (χ3n) is 2.80. The third-order valence-corrected chi connectivity index (χ3v) is 2.80. The van der Waals surface area contributed by atoms with Gasteiger partial charge in [0.15, 0.2) is 0 Å². The summed E-state index contributed by atoms with van der Waals surface area (Å²) in [5.74, 6) is 0.157. The maximum atomic E-state index is 10.8. The fourth-order valence-electron chi connectivity index (χ4n) is 1.97. The number of hydrogen-bond acceptors (Lipinski definition) is 4. The highest BCUT2D eigenvalue weighted by Gasteiger charge is 2.11. The molecule has 0 unspecified atom stereocenters. The fourth-order valence-corrected chi connectivity index (χ4v) is 1.97. The molecule has 0 atom stereocenters. The number of hydrogen-bond donors (Lipinski definition) is 1. The molecule has 2 N–H and O–H groups in total. The van der Waals surface area contributed by atoms with E-state index in [0.717, 1.165) is 18.4 Å². The molecule has 1 aromatic heterocycles. The van der Waals surface area contributed by atoms with E-state index in [9.17, 15) is 10.1 Å². The zero-order valence-electron chi connectivity index (χ0n) is 10.7. The molecule has 98 valence electrons. The molecule has 1 heterocycles. The van der Waals surface area contributed by atoms with E-state index in [1.807, 2.05) is 24.3 Å². The van der Waals surface area contributed by atoms with Crippen LogP contribution in [0, 0.1) is 10.1 Å². The monoisotopic (exact) mass is 257 g/mol. The van der Waals surface area contributed by atoms with Gasteiger partial charge >= 0.3 is 0 Å². The van der Waals surface area contributed by atoms with Crippen LogP contribution in [0.25, 0.3) is 11.3 Å². The normalized spacial score (nSPS) is 10.4. The minimum atomic E-state index is -0.461. The number of aromatic nitrogens is 1. The average Bonchev–Trinajstić information content (AvgIpc) is 2.38. The van der Waals surface area contributed by atoms with Gasteiger partial charge in [-0.25, -0.2) is 4.98 Å². The van der Waals surface area contributed by atoms with Gasteiger partial charge in [-0.05, 0) is 18.1 Å². The Hall–Kier alpha value is -2.43. The lowest BCUT2D eigenvalue weighted by Gasteiger charge is -2.05. The van der Waals surface area contributed by atoms with E-state index in [-0.39, 0.29) is 11.5 Å². The van der Waals surface area contributed by atoms with E-state index < -0.39 is 4.92 Å². The molecular weight excluding hydrogens is 242 g/mol. The summed E-state index contributed by atoms with van der Waals surface area (Å²) in [5.41, 5.74) is 8.14. The van der Waals surface area contributed by atoms with Crippen LogP contribution in [0.3, 0.4) is 0 Å². The standard InChI is InChI=1S/C14H15N3O2/c1-2-4-10-5-3-6-11(7-10)13-8-12(17(18)19)9-14(15)16-13/h3,5-9H,2,4H2,1H3,(H2,15,16). The molecule has 0 spiro atoms. The van der Waals surface area contributed by atoms with Gasteiger partial charge in [0, 0.05) is 11.6 Å². The molecule has 0 aliphatic rings. The lowest BCUT2D eigenvalue weighted by molar-refractivity contribution is -0.384. The van der Waals surface area contributed by atoms with E-state index in [1.165, 1.54) is 17.7 Å². The van der Waals surface area contributed by atoms with Crippen molar-refractivity contribution < 1.29 is 4.92 Å². The number of pyridine rings is 1. The topological polar surface area (TPSA) is 82.0 Å². The van der Waals surface area contributed by atoms with Gasteiger partial charge in [0.1, 0.15) is 5.82 Å². The van der Waals surface area contributed by atoms with Gasteiger partial charge in [-0.15, -0.1) is 0 Å². The van der Waals surface area contributed by atoms with Gasteiger partial charge < -0.3 is 5.73 Å². The maximum Gasteiger partial charge on any atom is 0.275 e. The highest BCUT2D eigenvalue weighted by molar-refractivity contribution is 5.65. The van der Waals surface area contributed by atoms with Crippen molar-refractivity contribution in [2.24, 2.45) is 0 Å². The third kappa shape index (κ3) is 3.07. The van der Waals surface area contributed by atoms with Crippen LogP contribution in [-0.2, 0) is 6.42 Å². The molecule has 0 saturated heterocycles. The van der Waals surface area contributed by atoms with Crippen molar-refractivity contribution in [2.75, 3.05) is 5.73 Å². The van der Waals surface area contributed by atoms with Crippen LogP contribution in [0.1, 0.15) is 18.9 Å². The Bertz CT molecular complexity index is 611. The van der Waals surface area contributed by atoms with Gasteiger partial charge in [-0.2, -0.15) is 0 Å². The Labute approximate surface area is 111 Å². The van der Waals surface area contributed by atoms with E-state index >= 15 is 0 Å². The predicted molar refractivity (Wildman–Crippen MR) is 74.7 cm³/mol. The molecule has 0 saturated carbocycles. The Morgan fingerprint density at radius 2 is 2.11 bits per heavy atom. The van der Waals surface area contributed by atoms with Crippen LogP contribution in [0.5, 0.6) is 0 Å². The first kappa shape index (κ1) is 13.0. The quantitative estimate of drug-likeness (QED) is 0.673. The summed E-state index contributed by atoms with van der Waals surface area (Å²) in [4.78, 5) is 14.5. The Balaban J connectivity index is 2.46. The fraction of sp³-hybridized carbons (Fsp3) is 0.214. The minimum absolute atomic E-state index is 0.0385. The lowest BCUT2D eigenvalue weighted by Crippen LogP contribution is -1.97. The first-order valence-electron chi connectivity index (χ1n) is 6.11. The van der Waals surface area contributed by atoms with Gasteiger partial charge in [0.05, 0.1) is 16.7 Å². The summed E-state index contributed by atoms with van der Waals surface area (Å²) in [6.45, 7) is 2.11. The lowest BCUT2D eigenvalue weighted by atomic mass is 10.0. The molecule has 19 heavy (non-hydrogen) atoms. The molecular formula is C14H15N3O2. The van der Waals surface area contributed by atoms with Crippen molar-refractivity contribution in [3.8, 4) is 11.3 Å². The predicted octanol–water partition coefficient (Wildman–Crippen LogP) is 3.19. The smallest absolute Gasteiger partial charge is 0.275 e. The van der Waals surface area contributed by atoms with E-state index in [2.05, 4.69) is 11.9 Å². The SMILES string of the molecule is CCCc1cccc(-c2cc([N+](=O)[O-])cc(N)n2)c1. The van der Waals surface area contributed by atoms with Crippen LogP contribution in [0.15, 0.2) is 36.4 Å². The van der Waals surface area contributed by atoms with E-state index in [4.69, 9.17) is 5.73 Å². The van der Waals surface area contributed by atoms with Crippen LogP contribution in [0.2, 0.25) is 0 Å². The molecule has 0 aliphatic heterocycles. The second-order valence-electron chi connectivity index (χ2n) is 4.34. The number of nitrogens with zero attached hydrogens (tertiary/aromatic N) is 2. The highest BCUT2D eigenvalue weighted by atomic mass is 16.6. The molecule has 2 aromatic rings. The van der Waals surface area contributed by atoms with E-state index in [0.29, 0.717) is 5.69 Å². The number of aryl methyl sites for hydroxylation is 1. The van der Waals surface area contributed by atoms with Gasteiger partial charge in [0.2, 0.25) is 0 Å². The van der Waals surface area contributed by atoms with Crippen LogP contribution >= 0.6 is 0 Å². The zero-order chi connectivity index (χ0) is 13.8. The van der Waals surface area contributed by atoms with Crippen molar-refractivity contribution in [3.05, 3.63) is 52.1 Å². The van der Waals surface area contributed by atoms with E-state index in [1.54, 1.807) is 0 Å². The molecule has 0 amide bonds. The number of nitro groups is 1. The summed E-state index contributed by atoms with van der Waals surface area (Å²) in [6, 6.07) is 10.5. The number of nitrogen functional groups attached to an aromatic ring is 1. The Morgan fingerprint density at radius 3 is 2.79 bits per heavy atom. The van der Waals surface area contributed by atoms with Gasteiger partial charge in [-0.3, -0.25) is 10.1 Å². The average molecular weight is 257 g/mol. The second-order valence-corrected chi connectivity index (χ2v) is 4.34. The van der Waals surface area contributed by atoms with Crippen molar-refractivity contribution in [1.82, 2.24) is 4.98 Å². The molecule has 0 fully saturated rings. The van der Waals surface area contributed by atoms with Crippen LogP contribution in [0.4, 0.5) is 11.5 Å². The molecule has 0 aliphatic carbocycles. The minimum Gasteiger partial charge on any atom is -0.383 e. The van der Waals surface area contributed by atoms with Crippen molar-refractivity contribution in [3.63, 3.8) is 0 Å². The first-order valence-corrected chi connectivity index (χ1v) is 6.11. The molecule has 1 aromatic carbocycles. The zero-order valence-corrected chi connectivity index (χ0v) is 10.7. The Morgan fingerprint density at radius 1 is 1.32 bits per heavy atom. The van der Waals surface area contributed by atoms with Crippen molar-refractivity contribution in [2.45, 2.75) is 19.8 Å². The molecule has 0 bridgehead atoms. The maximum absolute atomic E-state index is 10.8. The largest absolute Gasteiger partial charge is 0.383 e. The number of nitrogens with two attached hydrogens (primary N) is 1. The Kier molecular flexibility index (Phi) is 3.75. The van der Waals surface area contributed by atoms with Gasteiger partial charge in [0.25, 0.3) is 5.69 Å². The van der Waals surface area contributed by atoms with Crippen molar-refractivity contribution >= 4 is 11.5 Å². The highest BCUT2D eigenvalue weighted by Crippen LogP contribution is 2.25. The summed E-state index contributed by atoms with van der Waals surface area (Å²) in [7, 11) is 0. The number of anilines is 1. The van der Waals surface area contributed by atoms with Crippen molar-refractivity contribution in [1.29, 1.82) is 0 Å². The molecule has 2 rings (SSSR count). The first-order chi connectivity index (χ1) is 9.10. The number of benzene rings is 1. The summed E-state index contributed by atoms with van der Waals surface area (Å²) < 4.78 is 0. The summed E-state index contributed by atoms with van der Waals surface area (Å²) >= 11 is 0. The summed E-state index contributed by atoms with van der Waals surface area (Å²) in [5, 5.41) is 10.8. The van der Waals surface area contributed by atoms with Gasteiger partial charge in [-0.1, -0.05) is 31.5 Å². The number of rotatable bonds is 4.